The summed E-state index contributed by atoms with van der Waals surface area (Å²) in [6.45, 7) is 6.54. The van der Waals surface area contributed by atoms with Crippen LogP contribution in [0.5, 0.6) is 0 Å². The average molecular weight is 390 g/mol. The first-order valence-electron chi connectivity index (χ1n) is 8.15. The summed E-state index contributed by atoms with van der Waals surface area (Å²) in [5, 5.41) is 6.61. The number of aryl methyl sites for hydroxylation is 3. The van der Waals surface area contributed by atoms with Crippen molar-refractivity contribution < 1.29 is 18.8 Å². The average Bonchev–Trinajstić information content (AvgIpc) is 3.13. The molecule has 0 fully saturated rings. The number of hydrogen-bond donors (Lipinski definition) is 1. The number of rotatable bonds is 5. The Balaban J connectivity index is 1.67. The Bertz CT molecular complexity index is 1080. The van der Waals surface area contributed by atoms with E-state index in [4.69, 9.17) is 9.26 Å². The molecule has 9 nitrogen and oxygen atoms in total. The van der Waals surface area contributed by atoms with Crippen molar-refractivity contribution in [1.29, 1.82) is 0 Å². The second kappa shape index (κ2) is 7.31. The molecule has 3 aromatic rings. The number of nitrogens with one attached hydrogen (secondary N) is 1. The van der Waals surface area contributed by atoms with Crippen LogP contribution in [-0.2, 0) is 20.9 Å². The quantitative estimate of drug-likeness (QED) is 0.662. The minimum atomic E-state index is -1.06. The second-order valence-corrected chi connectivity index (χ2v) is 7.29. The molecule has 142 valence electrons. The fourth-order valence-electron chi connectivity index (χ4n) is 2.46. The van der Waals surface area contributed by atoms with Crippen LogP contribution in [0.25, 0.3) is 10.2 Å². The van der Waals surface area contributed by atoms with E-state index in [2.05, 4.69) is 15.5 Å². The van der Waals surface area contributed by atoms with E-state index in [1.165, 1.54) is 35.2 Å². The van der Waals surface area contributed by atoms with Gasteiger partial charge in [-0.1, -0.05) is 5.16 Å². The predicted molar refractivity (Wildman–Crippen MR) is 98.8 cm³/mol. The summed E-state index contributed by atoms with van der Waals surface area (Å²) >= 11 is 1.43. The molecule has 0 bridgehead atoms. The van der Waals surface area contributed by atoms with Crippen LogP contribution in [0.1, 0.15) is 23.1 Å². The van der Waals surface area contributed by atoms with Crippen molar-refractivity contribution in [3.63, 3.8) is 0 Å². The Morgan fingerprint density at radius 3 is 2.78 bits per heavy atom. The number of anilines is 1. The van der Waals surface area contributed by atoms with Crippen LogP contribution < -0.4 is 10.9 Å². The van der Waals surface area contributed by atoms with Crippen molar-refractivity contribution in [3.8, 4) is 0 Å². The van der Waals surface area contributed by atoms with E-state index in [0.29, 0.717) is 16.0 Å². The summed E-state index contributed by atoms with van der Waals surface area (Å²) < 4.78 is 11.1. The Hall–Kier alpha value is -3.01. The smallest absolute Gasteiger partial charge is 0.326 e. The van der Waals surface area contributed by atoms with E-state index in [0.717, 1.165) is 10.4 Å². The molecule has 1 atom stereocenters. The maximum absolute atomic E-state index is 12.6. The lowest BCUT2D eigenvalue weighted by molar-refractivity contribution is -0.153. The zero-order chi connectivity index (χ0) is 19.7. The van der Waals surface area contributed by atoms with Crippen molar-refractivity contribution in [2.24, 2.45) is 0 Å². The zero-order valence-electron chi connectivity index (χ0n) is 15.2. The molecule has 0 aliphatic carbocycles. The highest BCUT2D eigenvalue weighted by atomic mass is 32.1. The molecule has 0 aromatic carbocycles. The summed E-state index contributed by atoms with van der Waals surface area (Å²) in [5.41, 5.74) is 0.542. The van der Waals surface area contributed by atoms with Gasteiger partial charge in [0, 0.05) is 10.9 Å². The molecule has 1 N–H and O–H groups in total. The third kappa shape index (κ3) is 3.90. The topological polar surface area (TPSA) is 116 Å². The first kappa shape index (κ1) is 18.8. The largest absolute Gasteiger partial charge is 0.451 e. The Kier molecular flexibility index (Phi) is 5.08. The van der Waals surface area contributed by atoms with Crippen LogP contribution in [0, 0.1) is 20.8 Å². The van der Waals surface area contributed by atoms with Crippen LogP contribution in [0.15, 0.2) is 21.7 Å². The van der Waals surface area contributed by atoms with Crippen LogP contribution in [0.2, 0.25) is 0 Å². The minimum Gasteiger partial charge on any atom is -0.451 e. The van der Waals surface area contributed by atoms with E-state index in [9.17, 15) is 14.4 Å². The Morgan fingerprint density at radius 2 is 2.11 bits per heavy atom. The first-order valence-corrected chi connectivity index (χ1v) is 8.96. The number of ether oxygens (including phenoxy) is 1. The Labute approximate surface area is 157 Å². The maximum atomic E-state index is 12.6. The predicted octanol–water partition coefficient (Wildman–Crippen LogP) is 1.94. The van der Waals surface area contributed by atoms with Crippen LogP contribution in [0.3, 0.4) is 0 Å². The summed E-state index contributed by atoms with van der Waals surface area (Å²) in [6, 6.07) is 1.54. The highest BCUT2D eigenvalue weighted by Gasteiger charge is 2.20. The van der Waals surface area contributed by atoms with E-state index in [1.807, 2.05) is 13.8 Å². The number of thiophene rings is 1. The van der Waals surface area contributed by atoms with Gasteiger partial charge in [0.05, 0.1) is 11.7 Å². The number of fused-ring (bicyclic) bond motifs is 1. The fraction of sp³-hybridized carbons (Fsp3) is 0.353. The van der Waals surface area contributed by atoms with Crippen molar-refractivity contribution in [3.05, 3.63) is 38.9 Å². The number of esters is 1. The molecule has 0 aliphatic rings. The van der Waals surface area contributed by atoms with Gasteiger partial charge < -0.3 is 14.6 Å². The number of carbonyl (C=O) groups is 2. The molecule has 0 saturated carbocycles. The van der Waals surface area contributed by atoms with Gasteiger partial charge in [-0.15, -0.1) is 11.3 Å². The molecule has 0 aliphatic heterocycles. The van der Waals surface area contributed by atoms with Gasteiger partial charge >= 0.3 is 5.97 Å². The monoisotopic (exact) mass is 390 g/mol. The Morgan fingerprint density at radius 1 is 1.37 bits per heavy atom. The van der Waals surface area contributed by atoms with E-state index < -0.39 is 18.0 Å². The molecule has 3 aromatic heterocycles. The van der Waals surface area contributed by atoms with Crippen LogP contribution >= 0.6 is 11.3 Å². The number of amides is 1. The van der Waals surface area contributed by atoms with Gasteiger partial charge in [0.25, 0.3) is 11.5 Å². The molecule has 0 spiro atoms. The van der Waals surface area contributed by atoms with Crippen LogP contribution in [0.4, 0.5) is 5.82 Å². The lowest BCUT2D eigenvalue weighted by atomic mass is 10.2. The van der Waals surface area contributed by atoms with Gasteiger partial charge in [0.15, 0.2) is 11.9 Å². The van der Waals surface area contributed by atoms with E-state index in [1.54, 1.807) is 6.92 Å². The van der Waals surface area contributed by atoms with Crippen molar-refractivity contribution >= 4 is 39.2 Å². The lowest BCUT2D eigenvalue weighted by Gasteiger charge is -2.13. The molecule has 10 heteroatoms. The molecular formula is C17H18N4O5S. The molecule has 3 heterocycles. The van der Waals surface area contributed by atoms with Gasteiger partial charge in [-0.3, -0.25) is 19.0 Å². The van der Waals surface area contributed by atoms with Crippen molar-refractivity contribution in [1.82, 2.24) is 14.7 Å². The van der Waals surface area contributed by atoms with E-state index in [-0.39, 0.29) is 17.9 Å². The number of carbonyl (C=O) groups excluding carboxylic acids is 2. The van der Waals surface area contributed by atoms with Gasteiger partial charge in [0.1, 0.15) is 17.1 Å². The number of aromatic nitrogens is 3. The highest BCUT2D eigenvalue weighted by Crippen LogP contribution is 2.25. The summed E-state index contributed by atoms with van der Waals surface area (Å²) in [7, 11) is 0. The molecule has 0 radical (unpaired) electrons. The van der Waals surface area contributed by atoms with Crippen molar-refractivity contribution in [2.75, 3.05) is 5.32 Å². The minimum absolute atomic E-state index is 0.231. The summed E-state index contributed by atoms with van der Waals surface area (Å²) in [5.74, 6) is -0.505. The zero-order valence-corrected chi connectivity index (χ0v) is 16.0. The summed E-state index contributed by atoms with van der Waals surface area (Å²) in [6.07, 6.45) is 0.247. The fourth-order valence-corrected chi connectivity index (χ4v) is 3.45. The normalized spacial score (nSPS) is 12.1. The molecular weight excluding hydrogens is 372 g/mol. The van der Waals surface area contributed by atoms with Gasteiger partial charge in [-0.05, 0) is 33.3 Å². The third-order valence-electron chi connectivity index (χ3n) is 4.01. The molecule has 3 rings (SSSR count). The molecule has 1 amide bonds. The maximum Gasteiger partial charge on any atom is 0.326 e. The standard InChI is InChI=1S/C17H18N4O5S/c1-8-5-12(20-26-8)19-15(23)10(3)25-13(22)6-21-7-18-16-14(17(21)24)9(2)11(4)27-16/h5,7,10H,6H2,1-4H3,(H,19,20,23)/t10-/m1/s1. The van der Waals surface area contributed by atoms with Gasteiger partial charge in [-0.25, -0.2) is 4.98 Å². The first-order chi connectivity index (χ1) is 12.8. The van der Waals surface area contributed by atoms with Crippen molar-refractivity contribution in [2.45, 2.75) is 40.3 Å². The van der Waals surface area contributed by atoms with Crippen LogP contribution in [-0.4, -0.2) is 32.7 Å². The number of hydrogen-bond acceptors (Lipinski definition) is 8. The lowest BCUT2D eigenvalue weighted by Crippen LogP contribution is -2.33. The second-order valence-electron chi connectivity index (χ2n) is 6.09. The van der Waals surface area contributed by atoms with Gasteiger partial charge in [-0.2, -0.15) is 0 Å². The molecule has 0 saturated heterocycles. The van der Waals surface area contributed by atoms with E-state index >= 15 is 0 Å². The highest BCUT2D eigenvalue weighted by molar-refractivity contribution is 7.18. The third-order valence-corrected chi connectivity index (χ3v) is 5.13. The molecule has 27 heavy (non-hydrogen) atoms. The molecule has 0 unspecified atom stereocenters. The number of nitrogens with zero attached hydrogens (tertiary/aromatic N) is 3. The SMILES string of the molecule is Cc1cc(NC(=O)[C@@H](C)OC(=O)Cn2cnc3sc(C)c(C)c3c2=O)no1. The summed E-state index contributed by atoms with van der Waals surface area (Å²) in [4.78, 5) is 42.6. The van der Waals surface area contributed by atoms with Gasteiger partial charge in [0.2, 0.25) is 0 Å².